The van der Waals surface area contributed by atoms with Crippen molar-refractivity contribution in [2.45, 2.75) is 57.8 Å². The maximum atomic E-state index is 4.83. The van der Waals surface area contributed by atoms with Crippen molar-refractivity contribution in [3.05, 3.63) is 95.1 Å². The minimum atomic E-state index is 0.387. The second-order valence-corrected chi connectivity index (χ2v) is 8.96. The van der Waals surface area contributed by atoms with Crippen molar-refractivity contribution in [1.82, 2.24) is 25.3 Å². The molecule has 0 amide bonds. The SMILES string of the molecule is c1ccc(CNCc2ccc(CN(C3CCCc4cccnc43)N3CCCC3)cc2)nc1. The van der Waals surface area contributed by atoms with Crippen LogP contribution < -0.4 is 5.32 Å². The summed E-state index contributed by atoms with van der Waals surface area (Å²) in [6, 6.07) is 19.9. The molecule has 0 spiro atoms. The lowest BCUT2D eigenvalue weighted by molar-refractivity contribution is -0.0595. The fourth-order valence-corrected chi connectivity index (χ4v) is 5.03. The van der Waals surface area contributed by atoms with E-state index in [-0.39, 0.29) is 0 Å². The Hall–Kier alpha value is -2.60. The molecule has 1 aliphatic heterocycles. The Bertz CT molecular complexity index is 982. The molecule has 5 nitrogen and oxygen atoms in total. The molecule has 1 N–H and O–H groups in total. The van der Waals surface area contributed by atoms with Gasteiger partial charge in [0.2, 0.25) is 0 Å². The normalized spacial score (nSPS) is 18.7. The zero-order chi connectivity index (χ0) is 21.6. The first-order valence-electron chi connectivity index (χ1n) is 12.0. The molecule has 5 rings (SSSR count). The molecule has 32 heavy (non-hydrogen) atoms. The average molecular weight is 428 g/mol. The van der Waals surface area contributed by atoms with Gasteiger partial charge in [-0.25, -0.2) is 10.0 Å². The van der Waals surface area contributed by atoms with Gasteiger partial charge in [0.15, 0.2) is 0 Å². The van der Waals surface area contributed by atoms with Crippen LogP contribution in [-0.2, 0) is 26.1 Å². The third-order valence-electron chi connectivity index (χ3n) is 6.70. The number of hydrogen-bond acceptors (Lipinski definition) is 5. The zero-order valence-electron chi connectivity index (χ0n) is 18.8. The van der Waals surface area contributed by atoms with Gasteiger partial charge in [-0.1, -0.05) is 36.4 Å². The van der Waals surface area contributed by atoms with Crippen LogP contribution in [0.5, 0.6) is 0 Å². The highest BCUT2D eigenvalue weighted by Gasteiger charge is 2.32. The maximum Gasteiger partial charge on any atom is 0.0674 e. The van der Waals surface area contributed by atoms with Gasteiger partial charge in [-0.15, -0.1) is 0 Å². The molecule has 0 radical (unpaired) electrons. The Balaban J connectivity index is 1.26. The van der Waals surface area contributed by atoms with E-state index in [9.17, 15) is 0 Å². The Morgan fingerprint density at radius 3 is 2.47 bits per heavy atom. The molecular formula is C27H33N5. The molecular weight excluding hydrogens is 394 g/mol. The third-order valence-corrected chi connectivity index (χ3v) is 6.70. The van der Waals surface area contributed by atoms with Gasteiger partial charge in [0.05, 0.1) is 17.4 Å². The summed E-state index contributed by atoms with van der Waals surface area (Å²) in [6.45, 7) is 4.91. The van der Waals surface area contributed by atoms with E-state index >= 15 is 0 Å². The van der Waals surface area contributed by atoms with E-state index in [4.69, 9.17) is 4.98 Å². The van der Waals surface area contributed by atoms with Crippen molar-refractivity contribution in [2.75, 3.05) is 13.1 Å². The van der Waals surface area contributed by atoms with E-state index in [1.807, 2.05) is 24.5 Å². The molecule has 2 aliphatic rings. The summed E-state index contributed by atoms with van der Waals surface area (Å²) < 4.78 is 0. The minimum Gasteiger partial charge on any atom is -0.307 e. The Kier molecular flexibility index (Phi) is 6.87. The Morgan fingerprint density at radius 2 is 1.66 bits per heavy atom. The van der Waals surface area contributed by atoms with Crippen LogP contribution in [0.2, 0.25) is 0 Å². The third kappa shape index (κ3) is 5.07. The summed E-state index contributed by atoms with van der Waals surface area (Å²) in [7, 11) is 0. The molecule has 0 saturated carbocycles. The Labute approximate surface area is 191 Å². The Morgan fingerprint density at radius 1 is 0.844 bits per heavy atom. The monoisotopic (exact) mass is 427 g/mol. The number of fused-ring (bicyclic) bond motifs is 1. The molecule has 166 valence electrons. The lowest BCUT2D eigenvalue weighted by atomic mass is 9.91. The quantitative estimate of drug-likeness (QED) is 0.567. The van der Waals surface area contributed by atoms with Crippen LogP contribution in [0, 0.1) is 0 Å². The first-order valence-corrected chi connectivity index (χ1v) is 12.0. The van der Waals surface area contributed by atoms with E-state index in [0.717, 1.165) is 44.8 Å². The van der Waals surface area contributed by atoms with Crippen molar-refractivity contribution < 1.29 is 0 Å². The number of aromatic nitrogens is 2. The van der Waals surface area contributed by atoms with Gasteiger partial charge < -0.3 is 5.32 Å². The fraction of sp³-hybridized carbons (Fsp3) is 0.407. The summed E-state index contributed by atoms with van der Waals surface area (Å²) in [5.74, 6) is 0. The second kappa shape index (κ2) is 10.3. The van der Waals surface area contributed by atoms with Gasteiger partial charge in [0.25, 0.3) is 0 Å². The molecule has 5 heteroatoms. The van der Waals surface area contributed by atoms with Crippen LogP contribution in [0.1, 0.15) is 59.8 Å². The van der Waals surface area contributed by atoms with Crippen LogP contribution in [0.15, 0.2) is 67.0 Å². The average Bonchev–Trinajstić information content (AvgIpc) is 3.39. The zero-order valence-corrected chi connectivity index (χ0v) is 18.8. The number of hydrogen-bond donors (Lipinski definition) is 1. The smallest absolute Gasteiger partial charge is 0.0674 e. The number of nitrogens with one attached hydrogen (secondary N) is 1. The van der Waals surface area contributed by atoms with Crippen LogP contribution in [0.4, 0.5) is 0 Å². The molecule has 1 aromatic carbocycles. The second-order valence-electron chi connectivity index (χ2n) is 8.96. The highest BCUT2D eigenvalue weighted by atomic mass is 15.6. The summed E-state index contributed by atoms with van der Waals surface area (Å²) in [5, 5.41) is 8.69. The number of pyridine rings is 2. The van der Waals surface area contributed by atoms with E-state index in [0.29, 0.717) is 6.04 Å². The highest BCUT2D eigenvalue weighted by Crippen LogP contribution is 2.35. The number of hydrazine groups is 1. The van der Waals surface area contributed by atoms with Gasteiger partial charge >= 0.3 is 0 Å². The molecule has 1 saturated heterocycles. The summed E-state index contributed by atoms with van der Waals surface area (Å²) in [4.78, 5) is 9.20. The topological polar surface area (TPSA) is 44.3 Å². The standard InChI is InChI=1S/C27H33N5/c1-2-15-29-25(9-1)20-28-19-22-11-13-23(14-12-22)21-32(31-17-3-4-18-31)26-10-5-7-24-8-6-16-30-27(24)26/h1-2,6,8-9,11-16,26,28H,3-5,7,10,17-21H2. The molecule has 1 aliphatic carbocycles. The minimum absolute atomic E-state index is 0.387. The molecule has 2 aromatic heterocycles. The van der Waals surface area contributed by atoms with E-state index in [1.54, 1.807) is 0 Å². The number of nitrogens with zero attached hydrogens (tertiary/aromatic N) is 4. The van der Waals surface area contributed by atoms with Crippen LogP contribution in [0.25, 0.3) is 0 Å². The largest absolute Gasteiger partial charge is 0.307 e. The van der Waals surface area contributed by atoms with Gasteiger partial charge in [0, 0.05) is 45.1 Å². The molecule has 1 unspecified atom stereocenters. The van der Waals surface area contributed by atoms with Crippen molar-refractivity contribution >= 4 is 0 Å². The number of aryl methyl sites for hydroxylation is 1. The van der Waals surface area contributed by atoms with Crippen molar-refractivity contribution in [3.63, 3.8) is 0 Å². The molecule has 3 aromatic rings. The first kappa shape index (κ1) is 21.3. The van der Waals surface area contributed by atoms with Crippen molar-refractivity contribution in [2.24, 2.45) is 0 Å². The van der Waals surface area contributed by atoms with Crippen LogP contribution in [-0.4, -0.2) is 33.1 Å². The van der Waals surface area contributed by atoms with Gasteiger partial charge in [-0.3, -0.25) is 9.97 Å². The first-order chi connectivity index (χ1) is 15.9. The van der Waals surface area contributed by atoms with E-state index in [2.05, 4.69) is 62.8 Å². The maximum absolute atomic E-state index is 4.83. The lowest BCUT2D eigenvalue weighted by Gasteiger charge is -2.40. The molecule has 1 fully saturated rings. The summed E-state index contributed by atoms with van der Waals surface area (Å²) >= 11 is 0. The predicted octanol–water partition coefficient (Wildman–Crippen LogP) is 4.66. The summed E-state index contributed by atoms with van der Waals surface area (Å²) in [6.07, 6.45) is 9.99. The number of rotatable bonds is 8. The van der Waals surface area contributed by atoms with Crippen molar-refractivity contribution in [3.8, 4) is 0 Å². The lowest BCUT2D eigenvalue weighted by Crippen LogP contribution is -2.44. The van der Waals surface area contributed by atoms with Gasteiger partial charge in [-0.05, 0) is 67.0 Å². The fourth-order valence-electron chi connectivity index (χ4n) is 5.03. The predicted molar refractivity (Wildman–Crippen MR) is 127 cm³/mol. The van der Waals surface area contributed by atoms with Crippen LogP contribution in [0.3, 0.4) is 0 Å². The summed E-state index contributed by atoms with van der Waals surface area (Å²) in [5.41, 5.74) is 6.48. The van der Waals surface area contributed by atoms with Gasteiger partial charge in [-0.2, -0.15) is 0 Å². The number of benzene rings is 1. The molecule has 0 bridgehead atoms. The molecule has 1 atom stereocenters. The van der Waals surface area contributed by atoms with Crippen LogP contribution >= 0.6 is 0 Å². The van der Waals surface area contributed by atoms with E-state index < -0.39 is 0 Å². The molecule has 3 heterocycles. The van der Waals surface area contributed by atoms with E-state index in [1.165, 1.54) is 48.1 Å². The van der Waals surface area contributed by atoms with Gasteiger partial charge in [0.1, 0.15) is 0 Å². The highest BCUT2D eigenvalue weighted by molar-refractivity contribution is 5.27. The van der Waals surface area contributed by atoms with Crippen molar-refractivity contribution in [1.29, 1.82) is 0 Å².